The quantitative estimate of drug-likeness (QED) is 0.332. The first-order valence-electron chi connectivity index (χ1n) is 10.3. The molecule has 0 saturated carbocycles. The number of amides is 1. The van der Waals surface area contributed by atoms with Gasteiger partial charge in [0.25, 0.3) is 5.91 Å². The van der Waals surface area contributed by atoms with Crippen LogP contribution in [-0.4, -0.2) is 24.9 Å². The first-order chi connectivity index (χ1) is 16.5. The minimum atomic E-state index is -0.380. The second-order valence-electron chi connectivity index (χ2n) is 7.23. The molecule has 8 nitrogen and oxygen atoms in total. The summed E-state index contributed by atoms with van der Waals surface area (Å²) in [6.45, 7) is 1.01. The number of hydrogen-bond donors (Lipinski definition) is 3. The van der Waals surface area contributed by atoms with Crippen LogP contribution in [0.1, 0.15) is 21.5 Å². The third-order valence-electron chi connectivity index (χ3n) is 4.91. The van der Waals surface area contributed by atoms with Crippen LogP contribution in [0, 0.1) is 0 Å². The molecule has 0 atom stereocenters. The number of thiocarbonyl (C=S) groups is 1. The number of methoxy groups -OCH3 is 1. The third kappa shape index (κ3) is 6.00. The molecule has 176 valence electrons. The molecule has 3 N–H and O–H groups in total. The molecule has 1 aliphatic rings. The van der Waals surface area contributed by atoms with Gasteiger partial charge in [0.05, 0.1) is 7.11 Å². The van der Waals surface area contributed by atoms with E-state index in [9.17, 15) is 4.79 Å². The van der Waals surface area contributed by atoms with Gasteiger partial charge in [-0.1, -0.05) is 29.8 Å². The average molecular weight is 500 g/mol. The Hall–Kier alpha value is -3.69. The number of nitrogens with one attached hydrogen (secondary N) is 3. The van der Waals surface area contributed by atoms with Gasteiger partial charge in [0.15, 0.2) is 28.1 Å². The highest BCUT2D eigenvalue weighted by Crippen LogP contribution is 2.32. The highest BCUT2D eigenvalue weighted by Gasteiger charge is 2.14. The number of halogens is 1. The van der Waals surface area contributed by atoms with Gasteiger partial charge >= 0.3 is 0 Å². The Labute approximate surface area is 207 Å². The van der Waals surface area contributed by atoms with Gasteiger partial charge in [0.1, 0.15) is 6.61 Å². The lowest BCUT2D eigenvalue weighted by Gasteiger charge is -2.14. The lowest BCUT2D eigenvalue weighted by atomic mass is 10.2. The van der Waals surface area contributed by atoms with Crippen LogP contribution in [0.4, 0.5) is 0 Å². The Bertz CT molecular complexity index is 1190. The lowest BCUT2D eigenvalue weighted by Crippen LogP contribution is -2.46. The molecule has 0 saturated heterocycles. The van der Waals surface area contributed by atoms with E-state index in [4.69, 9.17) is 42.8 Å². The van der Waals surface area contributed by atoms with E-state index < -0.39 is 0 Å². The predicted molar refractivity (Wildman–Crippen MR) is 131 cm³/mol. The van der Waals surface area contributed by atoms with Gasteiger partial charge in [0, 0.05) is 17.1 Å². The second kappa shape index (κ2) is 11.0. The zero-order valence-electron chi connectivity index (χ0n) is 18.2. The Morgan fingerprint density at radius 2 is 1.74 bits per heavy atom. The van der Waals surface area contributed by atoms with Crippen molar-refractivity contribution in [2.45, 2.75) is 13.2 Å². The Morgan fingerprint density at radius 1 is 0.971 bits per heavy atom. The number of carbonyl (C=O) groups excluding carboxylic acids is 1. The van der Waals surface area contributed by atoms with E-state index in [0.717, 1.165) is 11.1 Å². The molecule has 0 aromatic heterocycles. The van der Waals surface area contributed by atoms with Crippen molar-refractivity contribution in [1.29, 1.82) is 0 Å². The molecule has 0 fully saturated rings. The van der Waals surface area contributed by atoms with Gasteiger partial charge < -0.3 is 24.3 Å². The van der Waals surface area contributed by atoms with Gasteiger partial charge in [-0.15, -0.1) is 0 Å². The molecule has 0 radical (unpaired) electrons. The molecule has 0 bridgehead atoms. The zero-order chi connectivity index (χ0) is 23.9. The van der Waals surface area contributed by atoms with Crippen molar-refractivity contribution in [1.82, 2.24) is 16.2 Å². The van der Waals surface area contributed by atoms with E-state index in [1.165, 1.54) is 7.11 Å². The predicted octanol–water partition coefficient (Wildman–Crippen LogP) is 3.97. The van der Waals surface area contributed by atoms with Crippen LogP contribution < -0.4 is 35.1 Å². The van der Waals surface area contributed by atoms with Crippen LogP contribution in [-0.2, 0) is 13.2 Å². The summed E-state index contributed by atoms with van der Waals surface area (Å²) in [5, 5.41) is 3.95. The molecule has 10 heteroatoms. The number of rotatable bonds is 7. The summed E-state index contributed by atoms with van der Waals surface area (Å²) in [4.78, 5) is 12.5. The Morgan fingerprint density at radius 3 is 2.53 bits per heavy atom. The highest BCUT2D eigenvalue weighted by atomic mass is 35.5. The van der Waals surface area contributed by atoms with E-state index in [2.05, 4.69) is 16.2 Å². The van der Waals surface area contributed by atoms with E-state index in [1.54, 1.807) is 30.3 Å². The van der Waals surface area contributed by atoms with Gasteiger partial charge in [-0.2, -0.15) is 0 Å². The standard InChI is InChI=1S/C24H22ClN3O5S/c1-30-21-11-17(5-9-19(21)31-13-15-2-6-18(25)7-3-15)23(29)27-28-24(34)26-12-16-4-8-20-22(10-16)33-14-32-20/h2-11H,12-14H2,1H3,(H,27,29)(H2,26,28,34). The largest absolute Gasteiger partial charge is 0.493 e. The molecular weight excluding hydrogens is 478 g/mol. The zero-order valence-corrected chi connectivity index (χ0v) is 19.8. The Balaban J connectivity index is 1.27. The molecule has 1 amide bonds. The van der Waals surface area contributed by atoms with Crippen molar-refractivity contribution < 1.29 is 23.7 Å². The summed E-state index contributed by atoms with van der Waals surface area (Å²) in [6, 6.07) is 17.9. The van der Waals surface area contributed by atoms with Crippen molar-refractivity contribution in [3.05, 3.63) is 82.4 Å². The molecule has 1 aliphatic heterocycles. The normalized spacial score (nSPS) is 11.5. The van der Waals surface area contributed by atoms with Crippen LogP contribution in [0.15, 0.2) is 60.7 Å². The van der Waals surface area contributed by atoms with Crippen molar-refractivity contribution in [2.24, 2.45) is 0 Å². The SMILES string of the molecule is COc1cc(C(=O)NNC(=S)NCc2ccc3c(c2)OCO3)ccc1OCc1ccc(Cl)cc1. The van der Waals surface area contributed by atoms with Gasteiger partial charge in [-0.05, 0) is 65.8 Å². The average Bonchev–Trinajstić information content (AvgIpc) is 3.33. The number of hydrazine groups is 1. The molecule has 3 aromatic rings. The summed E-state index contributed by atoms with van der Waals surface area (Å²) in [7, 11) is 1.51. The van der Waals surface area contributed by atoms with Crippen LogP contribution in [0.5, 0.6) is 23.0 Å². The minimum absolute atomic E-state index is 0.221. The van der Waals surface area contributed by atoms with Crippen LogP contribution >= 0.6 is 23.8 Å². The summed E-state index contributed by atoms with van der Waals surface area (Å²) in [5.74, 6) is 1.98. The van der Waals surface area contributed by atoms with Crippen molar-refractivity contribution in [2.75, 3.05) is 13.9 Å². The molecule has 0 aliphatic carbocycles. The lowest BCUT2D eigenvalue weighted by molar-refractivity contribution is 0.0943. The molecule has 4 rings (SSSR count). The van der Waals surface area contributed by atoms with Gasteiger partial charge in [-0.25, -0.2) is 0 Å². The molecule has 3 aromatic carbocycles. The fourth-order valence-corrected chi connectivity index (χ4v) is 3.38. The number of fused-ring (bicyclic) bond motifs is 1. The minimum Gasteiger partial charge on any atom is -0.493 e. The molecule has 34 heavy (non-hydrogen) atoms. The number of ether oxygens (including phenoxy) is 4. The summed E-state index contributed by atoms with van der Waals surface area (Å²) in [5.41, 5.74) is 7.54. The van der Waals surface area contributed by atoms with E-state index >= 15 is 0 Å². The van der Waals surface area contributed by atoms with E-state index in [-0.39, 0.29) is 17.8 Å². The number of hydrogen-bond acceptors (Lipinski definition) is 6. The van der Waals surface area contributed by atoms with Crippen LogP contribution in [0.3, 0.4) is 0 Å². The fourth-order valence-electron chi connectivity index (χ4n) is 3.13. The maximum Gasteiger partial charge on any atom is 0.269 e. The topological polar surface area (TPSA) is 90.1 Å². The van der Waals surface area contributed by atoms with Crippen molar-refractivity contribution >= 4 is 34.8 Å². The second-order valence-corrected chi connectivity index (χ2v) is 8.07. The maximum absolute atomic E-state index is 12.5. The van der Waals surface area contributed by atoms with Crippen LogP contribution in [0.25, 0.3) is 0 Å². The first kappa shape index (κ1) is 23.5. The Kier molecular flexibility index (Phi) is 7.56. The summed E-state index contributed by atoms with van der Waals surface area (Å²) >= 11 is 11.1. The number of benzene rings is 3. The molecule has 1 heterocycles. The monoisotopic (exact) mass is 499 g/mol. The van der Waals surface area contributed by atoms with Crippen molar-refractivity contribution in [3.8, 4) is 23.0 Å². The van der Waals surface area contributed by atoms with E-state index in [0.29, 0.717) is 46.7 Å². The third-order valence-corrected chi connectivity index (χ3v) is 5.41. The fraction of sp³-hybridized carbons (Fsp3) is 0.167. The molecule has 0 spiro atoms. The maximum atomic E-state index is 12.5. The van der Waals surface area contributed by atoms with Gasteiger partial charge in [-0.3, -0.25) is 15.6 Å². The molecular formula is C24H22ClN3O5S. The van der Waals surface area contributed by atoms with Crippen molar-refractivity contribution in [3.63, 3.8) is 0 Å². The highest BCUT2D eigenvalue weighted by molar-refractivity contribution is 7.80. The van der Waals surface area contributed by atoms with Gasteiger partial charge in [0.2, 0.25) is 6.79 Å². The molecule has 0 unspecified atom stereocenters. The number of carbonyl (C=O) groups is 1. The van der Waals surface area contributed by atoms with Crippen LogP contribution in [0.2, 0.25) is 5.02 Å². The summed E-state index contributed by atoms with van der Waals surface area (Å²) in [6.07, 6.45) is 0. The first-order valence-corrected chi connectivity index (χ1v) is 11.1. The summed E-state index contributed by atoms with van der Waals surface area (Å²) < 4.78 is 21.9. The van der Waals surface area contributed by atoms with E-state index in [1.807, 2.05) is 30.3 Å². The smallest absolute Gasteiger partial charge is 0.269 e.